The SMILES string of the molecule is Cc1ccc(NC(=O)[C@H]2CC(=O)N(Cc3ccco3)C2)cc1. The Morgan fingerprint density at radius 1 is 1.32 bits per heavy atom. The van der Waals surface area contributed by atoms with Crippen LogP contribution < -0.4 is 5.32 Å². The van der Waals surface area contributed by atoms with E-state index in [9.17, 15) is 9.59 Å². The summed E-state index contributed by atoms with van der Waals surface area (Å²) in [6, 6.07) is 11.2. The van der Waals surface area contributed by atoms with Crippen molar-refractivity contribution in [3.8, 4) is 0 Å². The molecule has 1 aliphatic rings. The van der Waals surface area contributed by atoms with Gasteiger partial charge in [-0.2, -0.15) is 0 Å². The van der Waals surface area contributed by atoms with Crippen molar-refractivity contribution in [3.63, 3.8) is 0 Å². The summed E-state index contributed by atoms with van der Waals surface area (Å²) in [4.78, 5) is 26.0. The molecule has 2 aromatic rings. The van der Waals surface area contributed by atoms with Crippen molar-refractivity contribution in [3.05, 3.63) is 54.0 Å². The lowest BCUT2D eigenvalue weighted by molar-refractivity contribution is -0.128. The normalized spacial score (nSPS) is 17.8. The maximum absolute atomic E-state index is 12.3. The Hall–Kier alpha value is -2.56. The monoisotopic (exact) mass is 298 g/mol. The van der Waals surface area contributed by atoms with Crippen LogP contribution in [0.2, 0.25) is 0 Å². The molecular formula is C17H18N2O3. The molecule has 114 valence electrons. The molecule has 1 atom stereocenters. The molecule has 1 fully saturated rings. The minimum atomic E-state index is -0.316. The summed E-state index contributed by atoms with van der Waals surface area (Å²) >= 11 is 0. The summed E-state index contributed by atoms with van der Waals surface area (Å²) in [6.07, 6.45) is 1.83. The molecule has 0 saturated carbocycles. The number of hydrogen-bond donors (Lipinski definition) is 1. The fraction of sp³-hybridized carbons (Fsp3) is 0.294. The molecule has 5 heteroatoms. The van der Waals surface area contributed by atoms with Gasteiger partial charge >= 0.3 is 0 Å². The third kappa shape index (κ3) is 3.19. The van der Waals surface area contributed by atoms with Crippen LogP contribution in [0.1, 0.15) is 17.7 Å². The second kappa shape index (κ2) is 6.05. The van der Waals surface area contributed by atoms with Gasteiger partial charge in [0, 0.05) is 18.7 Å². The molecule has 0 unspecified atom stereocenters. The summed E-state index contributed by atoms with van der Waals surface area (Å²) in [5, 5.41) is 2.87. The van der Waals surface area contributed by atoms with Crippen molar-refractivity contribution >= 4 is 17.5 Å². The molecule has 5 nitrogen and oxygen atoms in total. The van der Waals surface area contributed by atoms with E-state index in [1.165, 1.54) is 0 Å². The molecular weight excluding hydrogens is 280 g/mol. The minimum absolute atomic E-state index is 0.0135. The van der Waals surface area contributed by atoms with Crippen molar-refractivity contribution in [2.24, 2.45) is 5.92 Å². The van der Waals surface area contributed by atoms with Crippen LogP contribution in [0, 0.1) is 12.8 Å². The second-order valence-electron chi connectivity index (χ2n) is 5.61. The van der Waals surface area contributed by atoms with Crippen molar-refractivity contribution in [1.82, 2.24) is 4.90 Å². The van der Waals surface area contributed by atoms with Crippen LogP contribution in [0.5, 0.6) is 0 Å². The maximum atomic E-state index is 12.3. The average molecular weight is 298 g/mol. The van der Waals surface area contributed by atoms with Gasteiger partial charge in [0.25, 0.3) is 0 Å². The molecule has 0 aliphatic carbocycles. The van der Waals surface area contributed by atoms with Gasteiger partial charge in [-0.05, 0) is 31.2 Å². The molecule has 22 heavy (non-hydrogen) atoms. The van der Waals surface area contributed by atoms with Gasteiger partial charge in [0.1, 0.15) is 5.76 Å². The summed E-state index contributed by atoms with van der Waals surface area (Å²) in [7, 11) is 0. The van der Waals surface area contributed by atoms with Gasteiger partial charge in [-0.1, -0.05) is 17.7 Å². The van der Waals surface area contributed by atoms with Gasteiger partial charge in [0.05, 0.1) is 18.7 Å². The number of hydrogen-bond acceptors (Lipinski definition) is 3. The predicted octanol–water partition coefficient (Wildman–Crippen LogP) is 2.58. The van der Waals surface area contributed by atoms with Gasteiger partial charge in [-0.15, -0.1) is 0 Å². The van der Waals surface area contributed by atoms with E-state index in [0.29, 0.717) is 13.1 Å². The van der Waals surface area contributed by atoms with Gasteiger partial charge in [0.2, 0.25) is 11.8 Å². The number of furan rings is 1. The van der Waals surface area contributed by atoms with Crippen LogP contribution in [0.25, 0.3) is 0 Å². The van der Waals surface area contributed by atoms with E-state index in [-0.39, 0.29) is 24.2 Å². The molecule has 1 aliphatic heterocycles. The molecule has 1 aromatic heterocycles. The fourth-order valence-corrected chi connectivity index (χ4v) is 2.57. The highest BCUT2D eigenvalue weighted by molar-refractivity contribution is 5.97. The second-order valence-corrected chi connectivity index (χ2v) is 5.61. The highest BCUT2D eigenvalue weighted by Gasteiger charge is 2.34. The zero-order chi connectivity index (χ0) is 15.5. The Morgan fingerprint density at radius 2 is 2.09 bits per heavy atom. The number of benzene rings is 1. The van der Waals surface area contributed by atoms with E-state index in [1.54, 1.807) is 17.2 Å². The van der Waals surface area contributed by atoms with Gasteiger partial charge in [-0.25, -0.2) is 0 Å². The summed E-state index contributed by atoms with van der Waals surface area (Å²) in [5.41, 5.74) is 1.89. The number of carbonyl (C=O) groups is 2. The van der Waals surface area contributed by atoms with Crippen molar-refractivity contribution in [2.75, 3.05) is 11.9 Å². The molecule has 0 radical (unpaired) electrons. The fourth-order valence-electron chi connectivity index (χ4n) is 2.57. The first kappa shape index (κ1) is 14.4. The Kier molecular flexibility index (Phi) is 3.96. The number of anilines is 1. The Morgan fingerprint density at radius 3 is 2.77 bits per heavy atom. The lowest BCUT2D eigenvalue weighted by Gasteiger charge is -2.15. The average Bonchev–Trinajstić information content (AvgIpc) is 3.13. The van der Waals surface area contributed by atoms with Crippen molar-refractivity contribution in [1.29, 1.82) is 0 Å². The molecule has 1 aromatic carbocycles. The third-order valence-corrected chi connectivity index (χ3v) is 3.83. The van der Waals surface area contributed by atoms with Gasteiger partial charge in [-0.3, -0.25) is 9.59 Å². The van der Waals surface area contributed by atoms with E-state index in [1.807, 2.05) is 37.3 Å². The van der Waals surface area contributed by atoms with Crippen LogP contribution in [-0.2, 0) is 16.1 Å². The molecule has 0 bridgehead atoms. The van der Waals surface area contributed by atoms with E-state index >= 15 is 0 Å². The van der Waals surface area contributed by atoms with Gasteiger partial charge < -0.3 is 14.6 Å². The number of aryl methyl sites for hydroxylation is 1. The number of amides is 2. The quantitative estimate of drug-likeness (QED) is 0.943. The van der Waals surface area contributed by atoms with E-state index in [4.69, 9.17) is 4.42 Å². The van der Waals surface area contributed by atoms with E-state index < -0.39 is 0 Å². The summed E-state index contributed by atoms with van der Waals surface area (Å²) < 4.78 is 5.25. The smallest absolute Gasteiger partial charge is 0.229 e. The first-order chi connectivity index (χ1) is 10.6. The number of carbonyl (C=O) groups excluding carboxylic acids is 2. The largest absolute Gasteiger partial charge is 0.467 e. The highest BCUT2D eigenvalue weighted by Crippen LogP contribution is 2.22. The third-order valence-electron chi connectivity index (χ3n) is 3.83. The molecule has 1 saturated heterocycles. The maximum Gasteiger partial charge on any atom is 0.229 e. The summed E-state index contributed by atoms with van der Waals surface area (Å²) in [5.74, 6) is 0.288. The topological polar surface area (TPSA) is 62.6 Å². The standard InChI is InChI=1S/C17H18N2O3/c1-12-4-6-14(7-5-12)18-17(21)13-9-16(20)19(10-13)11-15-3-2-8-22-15/h2-8,13H,9-11H2,1H3,(H,18,21)/t13-/m0/s1. The summed E-state index contributed by atoms with van der Waals surface area (Å²) in [6.45, 7) is 2.84. The lowest BCUT2D eigenvalue weighted by atomic mass is 10.1. The van der Waals surface area contributed by atoms with E-state index in [2.05, 4.69) is 5.32 Å². The van der Waals surface area contributed by atoms with Gasteiger partial charge in [0.15, 0.2) is 0 Å². The van der Waals surface area contributed by atoms with Crippen LogP contribution in [0.15, 0.2) is 47.1 Å². The number of nitrogens with one attached hydrogen (secondary N) is 1. The Labute approximate surface area is 128 Å². The number of rotatable bonds is 4. The molecule has 3 rings (SSSR count). The van der Waals surface area contributed by atoms with Crippen LogP contribution in [0.3, 0.4) is 0 Å². The first-order valence-corrected chi connectivity index (χ1v) is 7.29. The minimum Gasteiger partial charge on any atom is -0.467 e. The number of nitrogens with zero attached hydrogens (tertiary/aromatic N) is 1. The zero-order valence-corrected chi connectivity index (χ0v) is 12.4. The zero-order valence-electron chi connectivity index (χ0n) is 12.4. The first-order valence-electron chi connectivity index (χ1n) is 7.29. The van der Waals surface area contributed by atoms with Crippen molar-refractivity contribution in [2.45, 2.75) is 19.9 Å². The number of likely N-dealkylation sites (tertiary alicyclic amines) is 1. The van der Waals surface area contributed by atoms with Crippen LogP contribution >= 0.6 is 0 Å². The molecule has 2 amide bonds. The molecule has 2 heterocycles. The lowest BCUT2D eigenvalue weighted by Crippen LogP contribution is -2.27. The Bertz CT molecular complexity index is 662. The predicted molar refractivity (Wildman–Crippen MR) is 82.0 cm³/mol. The van der Waals surface area contributed by atoms with Crippen LogP contribution in [-0.4, -0.2) is 23.3 Å². The van der Waals surface area contributed by atoms with Crippen LogP contribution in [0.4, 0.5) is 5.69 Å². The van der Waals surface area contributed by atoms with Crippen molar-refractivity contribution < 1.29 is 14.0 Å². The highest BCUT2D eigenvalue weighted by atomic mass is 16.3. The Balaban J connectivity index is 1.60. The molecule has 0 spiro atoms. The van der Waals surface area contributed by atoms with E-state index in [0.717, 1.165) is 17.0 Å². The molecule has 1 N–H and O–H groups in total.